The largest absolute Gasteiger partial charge is 0.453 e. The molecule has 2 atom stereocenters. The molecule has 1 aliphatic rings. The number of fused-ring (bicyclic) bond motifs is 4. The number of carbonyl (C=O) groups excluding carboxylic acids is 3. The van der Waals surface area contributed by atoms with Gasteiger partial charge in [0.25, 0.3) is 5.91 Å². The van der Waals surface area contributed by atoms with Gasteiger partial charge in [-0.1, -0.05) is 42.3 Å². The van der Waals surface area contributed by atoms with Gasteiger partial charge in [0.1, 0.15) is 5.69 Å². The van der Waals surface area contributed by atoms with Crippen LogP contribution in [0, 0.1) is 25.6 Å². The maximum Gasteiger partial charge on any atom is 0.411 e. The number of aromatic nitrogens is 4. The van der Waals surface area contributed by atoms with Crippen LogP contribution in [-0.4, -0.2) is 45.0 Å². The van der Waals surface area contributed by atoms with Crippen LogP contribution >= 0.6 is 11.6 Å². The summed E-state index contributed by atoms with van der Waals surface area (Å²) in [6, 6.07) is 11.1. The first-order chi connectivity index (χ1) is 21.1. The molecule has 1 unspecified atom stereocenters. The van der Waals surface area contributed by atoms with E-state index < -0.39 is 23.9 Å². The third-order valence-corrected chi connectivity index (χ3v) is 7.92. The summed E-state index contributed by atoms with van der Waals surface area (Å²) < 4.78 is 20.6. The van der Waals surface area contributed by atoms with E-state index in [4.69, 9.17) is 16.3 Å². The number of hydrogen-bond acceptors (Lipinski definition) is 7. The van der Waals surface area contributed by atoms with E-state index in [9.17, 15) is 18.8 Å². The lowest BCUT2D eigenvalue weighted by molar-refractivity contribution is -0.119. The van der Waals surface area contributed by atoms with Gasteiger partial charge in [-0.05, 0) is 68.1 Å². The van der Waals surface area contributed by atoms with Crippen LogP contribution in [0.15, 0.2) is 48.7 Å². The SMILES string of the molecule is COC(=O)Nc1ccc2c(c1)NC(=O)C(C)CCC[C@H](NC(=O)c1nnn(-c3cccc(Cl)c3F)c1C)c1cc-2c(C)cn1. The van der Waals surface area contributed by atoms with Gasteiger partial charge in [-0.15, -0.1) is 5.10 Å². The number of amides is 3. The highest BCUT2D eigenvalue weighted by Gasteiger charge is 2.26. The number of hydrogen-bond donors (Lipinski definition) is 3. The number of rotatable bonds is 4. The highest BCUT2D eigenvalue weighted by atomic mass is 35.5. The molecule has 2 aromatic heterocycles. The summed E-state index contributed by atoms with van der Waals surface area (Å²) in [6.45, 7) is 5.36. The molecular weight excluding hydrogens is 589 g/mol. The molecule has 0 saturated heterocycles. The molecule has 0 aliphatic carbocycles. The van der Waals surface area contributed by atoms with Crippen molar-refractivity contribution in [2.45, 2.75) is 46.1 Å². The van der Waals surface area contributed by atoms with Gasteiger partial charge in [-0.3, -0.25) is 19.9 Å². The number of nitrogens with zero attached hydrogens (tertiary/aromatic N) is 4. The quantitative estimate of drug-likeness (QED) is 0.249. The first-order valence-corrected chi connectivity index (χ1v) is 14.4. The van der Waals surface area contributed by atoms with Crippen LogP contribution in [-0.2, 0) is 9.53 Å². The number of anilines is 2. The Balaban J connectivity index is 1.51. The first kappa shape index (κ1) is 30.6. The van der Waals surface area contributed by atoms with Crippen LogP contribution in [0.3, 0.4) is 0 Å². The van der Waals surface area contributed by atoms with Crippen molar-refractivity contribution in [3.8, 4) is 16.8 Å². The Morgan fingerprint density at radius 3 is 2.70 bits per heavy atom. The number of ether oxygens (including phenoxy) is 1. The number of carbonyl (C=O) groups is 3. The van der Waals surface area contributed by atoms with Gasteiger partial charge in [-0.25, -0.2) is 13.9 Å². The van der Waals surface area contributed by atoms with E-state index >= 15 is 0 Å². The fourth-order valence-corrected chi connectivity index (χ4v) is 5.28. The zero-order chi connectivity index (χ0) is 31.5. The standard InChI is InChI=1S/C31H31ClFN7O4/c1-16-7-5-9-23(36-30(42)28-18(3)40(39-38-28)26-10-6-8-22(32)27(26)33)25-14-21(17(2)15-34-25)20-12-11-19(35-31(43)44-4)13-24(20)37-29(16)41/h6,8,10-16,23H,5,7,9H2,1-4H3,(H,35,43)(H,36,42)(H,37,41)/t16?,23-/m0/s1. The Bertz CT molecular complexity index is 1760. The van der Waals surface area contributed by atoms with E-state index in [1.807, 2.05) is 19.9 Å². The van der Waals surface area contributed by atoms with Crippen molar-refractivity contribution in [3.05, 3.63) is 82.1 Å². The average molecular weight is 620 g/mol. The highest BCUT2D eigenvalue weighted by molar-refractivity contribution is 6.30. The molecule has 0 saturated carbocycles. The van der Waals surface area contributed by atoms with Crippen LogP contribution in [0.4, 0.5) is 20.6 Å². The molecular formula is C31H31ClFN7O4. The fraction of sp³-hybridized carbons (Fsp3) is 0.290. The number of aryl methyl sites for hydroxylation is 1. The number of pyridine rings is 1. The van der Waals surface area contributed by atoms with Crippen molar-refractivity contribution < 1.29 is 23.5 Å². The summed E-state index contributed by atoms with van der Waals surface area (Å²) in [5.41, 5.74) is 4.38. The van der Waals surface area contributed by atoms with Gasteiger partial charge in [0.2, 0.25) is 5.91 Å². The molecule has 2 aromatic carbocycles. The van der Waals surface area contributed by atoms with Crippen molar-refractivity contribution in [3.63, 3.8) is 0 Å². The van der Waals surface area contributed by atoms with Crippen molar-refractivity contribution in [1.82, 2.24) is 25.3 Å². The molecule has 0 radical (unpaired) electrons. The van der Waals surface area contributed by atoms with Crippen LogP contribution in [0.25, 0.3) is 16.8 Å². The molecule has 3 N–H and O–H groups in total. The van der Waals surface area contributed by atoms with E-state index in [1.54, 1.807) is 37.4 Å². The second-order valence-corrected chi connectivity index (χ2v) is 11.1. The van der Waals surface area contributed by atoms with Crippen LogP contribution < -0.4 is 16.0 Å². The summed E-state index contributed by atoms with van der Waals surface area (Å²) in [4.78, 5) is 43.2. The van der Waals surface area contributed by atoms with Gasteiger partial charge in [0.15, 0.2) is 11.5 Å². The molecule has 11 nitrogen and oxygen atoms in total. The Morgan fingerprint density at radius 1 is 1.14 bits per heavy atom. The van der Waals surface area contributed by atoms with Crippen LogP contribution in [0.5, 0.6) is 0 Å². The summed E-state index contributed by atoms with van der Waals surface area (Å²) >= 11 is 5.95. The molecule has 1 aliphatic heterocycles. The molecule has 3 heterocycles. The smallest absolute Gasteiger partial charge is 0.411 e. The summed E-state index contributed by atoms with van der Waals surface area (Å²) in [5, 5.41) is 16.7. The zero-order valence-corrected chi connectivity index (χ0v) is 25.3. The second kappa shape index (κ2) is 12.8. The molecule has 44 heavy (non-hydrogen) atoms. The summed E-state index contributed by atoms with van der Waals surface area (Å²) in [7, 11) is 1.27. The van der Waals surface area contributed by atoms with Gasteiger partial charge in [-0.2, -0.15) is 0 Å². The van der Waals surface area contributed by atoms with Crippen molar-refractivity contribution in [2.75, 3.05) is 17.7 Å². The molecule has 0 fully saturated rings. The average Bonchev–Trinajstić information content (AvgIpc) is 3.38. The third kappa shape index (κ3) is 6.25. The maximum atomic E-state index is 14.7. The Morgan fingerprint density at radius 2 is 1.93 bits per heavy atom. The third-order valence-electron chi connectivity index (χ3n) is 7.63. The molecule has 228 valence electrons. The van der Waals surface area contributed by atoms with E-state index in [-0.39, 0.29) is 28.2 Å². The Hall–Kier alpha value is -4.84. The molecule has 4 aromatic rings. The first-order valence-electron chi connectivity index (χ1n) is 14.0. The molecule has 2 bridgehead atoms. The molecule has 13 heteroatoms. The number of benzene rings is 2. The summed E-state index contributed by atoms with van der Waals surface area (Å²) in [6.07, 6.45) is 2.75. The molecule has 5 rings (SSSR count). The van der Waals surface area contributed by atoms with Gasteiger partial charge >= 0.3 is 6.09 Å². The lowest BCUT2D eigenvalue weighted by atomic mass is 9.93. The van der Waals surface area contributed by atoms with Crippen LogP contribution in [0.2, 0.25) is 5.02 Å². The van der Waals surface area contributed by atoms with Gasteiger partial charge in [0.05, 0.1) is 35.2 Å². The predicted molar refractivity (Wildman–Crippen MR) is 163 cm³/mol. The Kier molecular flexibility index (Phi) is 8.91. The fourth-order valence-electron chi connectivity index (χ4n) is 5.11. The lowest BCUT2D eigenvalue weighted by Crippen LogP contribution is -2.30. The number of nitrogens with one attached hydrogen (secondary N) is 3. The lowest BCUT2D eigenvalue weighted by Gasteiger charge is -2.23. The monoisotopic (exact) mass is 619 g/mol. The van der Waals surface area contributed by atoms with E-state index in [2.05, 4.69) is 31.2 Å². The van der Waals surface area contributed by atoms with Crippen molar-refractivity contribution in [1.29, 1.82) is 0 Å². The van der Waals surface area contributed by atoms with Crippen molar-refractivity contribution in [2.24, 2.45) is 5.92 Å². The van der Waals surface area contributed by atoms with Gasteiger partial charge < -0.3 is 15.4 Å². The second-order valence-electron chi connectivity index (χ2n) is 10.7. The zero-order valence-electron chi connectivity index (χ0n) is 24.6. The van der Waals surface area contributed by atoms with Crippen molar-refractivity contribution >= 4 is 40.9 Å². The van der Waals surface area contributed by atoms with Gasteiger partial charge in [0, 0.05) is 23.4 Å². The Labute approximate surface area is 258 Å². The number of methoxy groups -OCH3 is 1. The minimum atomic E-state index is -0.670. The van der Waals surface area contributed by atoms with E-state index in [1.165, 1.54) is 23.9 Å². The predicted octanol–water partition coefficient (Wildman–Crippen LogP) is 6.15. The van der Waals surface area contributed by atoms with E-state index in [0.29, 0.717) is 42.0 Å². The molecule has 0 spiro atoms. The maximum absolute atomic E-state index is 14.7. The minimum absolute atomic E-state index is 0.0338. The summed E-state index contributed by atoms with van der Waals surface area (Å²) in [5.74, 6) is -1.67. The van der Waals surface area contributed by atoms with Crippen LogP contribution in [0.1, 0.15) is 59.7 Å². The topological polar surface area (TPSA) is 140 Å². The minimum Gasteiger partial charge on any atom is -0.453 e. The number of halogens is 2. The normalized spacial score (nSPS) is 16.5. The molecule has 3 amide bonds. The van der Waals surface area contributed by atoms with E-state index in [0.717, 1.165) is 16.7 Å². The highest BCUT2D eigenvalue weighted by Crippen LogP contribution is 2.36.